The third kappa shape index (κ3) is 4.56. The molecule has 1 fully saturated rings. The van der Waals surface area contributed by atoms with Crippen LogP contribution in [0.3, 0.4) is 0 Å². The fraction of sp³-hybridized carbons (Fsp3) is 0.318. The second-order valence-electron chi connectivity index (χ2n) is 7.27. The number of carbonyl (C=O) groups is 1. The third-order valence-corrected chi connectivity index (χ3v) is 7.15. The van der Waals surface area contributed by atoms with E-state index in [0.717, 1.165) is 6.07 Å². The Hall–Kier alpha value is -3.11. The lowest BCUT2D eigenvalue weighted by Gasteiger charge is -2.33. The minimum absolute atomic E-state index is 0.0928. The van der Waals surface area contributed by atoms with Crippen LogP contribution in [0.2, 0.25) is 0 Å². The van der Waals surface area contributed by atoms with Crippen LogP contribution in [0.1, 0.15) is 5.56 Å². The van der Waals surface area contributed by atoms with Gasteiger partial charge in [-0.3, -0.25) is 4.79 Å². The summed E-state index contributed by atoms with van der Waals surface area (Å²) in [5, 5.41) is 0. The van der Waals surface area contributed by atoms with Gasteiger partial charge in [-0.1, -0.05) is 6.07 Å². The zero-order valence-electron chi connectivity index (χ0n) is 17.5. The van der Waals surface area contributed by atoms with E-state index >= 15 is 0 Å². The zero-order chi connectivity index (χ0) is 22.7. The van der Waals surface area contributed by atoms with Crippen molar-refractivity contribution in [2.45, 2.75) is 4.90 Å². The molecule has 0 unspecified atom stereocenters. The fourth-order valence-corrected chi connectivity index (χ4v) is 5.04. The average molecular weight is 462 g/mol. The van der Waals surface area contributed by atoms with Crippen molar-refractivity contribution in [3.63, 3.8) is 0 Å². The molecule has 8 nitrogen and oxygen atoms in total. The maximum atomic E-state index is 13.4. The molecule has 0 radical (unpaired) electrons. The molecular weight excluding hydrogens is 439 g/mol. The van der Waals surface area contributed by atoms with Crippen LogP contribution < -0.4 is 14.2 Å². The van der Waals surface area contributed by atoms with E-state index in [2.05, 4.69) is 0 Å². The Bertz CT molecular complexity index is 1130. The normalized spacial score (nSPS) is 16.9. The molecule has 2 aliphatic rings. The maximum Gasteiger partial charge on any atom is 0.246 e. The first-order valence-electron chi connectivity index (χ1n) is 10.1. The molecule has 2 aromatic rings. The highest BCUT2D eigenvalue weighted by Gasteiger charge is 2.29. The predicted octanol–water partition coefficient (Wildman–Crippen LogP) is 2.15. The average Bonchev–Trinajstić information content (AvgIpc) is 2.82. The van der Waals surface area contributed by atoms with E-state index in [0.29, 0.717) is 36.0 Å². The number of sulfonamides is 1. The number of halogens is 1. The van der Waals surface area contributed by atoms with Gasteiger partial charge in [0.25, 0.3) is 0 Å². The van der Waals surface area contributed by atoms with Crippen molar-refractivity contribution in [2.24, 2.45) is 0 Å². The number of nitrogens with zero attached hydrogens (tertiary/aromatic N) is 2. The molecule has 2 aromatic carbocycles. The van der Waals surface area contributed by atoms with Crippen LogP contribution in [0, 0.1) is 5.82 Å². The lowest BCUT2D eigenvalue weighted by Crippen LogP contribution is -2.50. The standard InChI is InChI=1S/C22H23FN2O6S/c1-29-19-13-16(14-20-22(19)31-12-11-30-20)5-6-21(26)24-7-9-25(10-8-24)32(27,28)18-4-2-3-17(23)15-18/h2-6,13-15H,7-12H2,1H3/b6-5+. The van der Waals surface area contributed by atoms with Gasteiger partial charge in [-0.05, 0) is 42.0 Å². The molecule has 0 N–H and O–H groups in total. The number of fused-ring (bicyclic) bond motifs is 1. The van der Waals surface area contributed by atoms with E-state index in [1.165, 1.54) is 35.7 Å². The van der Waals surface area contributed by atoms with E-state index < -0.39 is 15.8 Å². The van der Waals surface area contributed by atoms with Crippen LogP contribution in [0.4, 0.5) is 4.39 Å². The molecule has 170 valence electrons. The van der Waals surface area contributed by atoms with E-state index in [1.54, 1.807) is 23.1 Å². The molecule has 10 heteroatoms. The first kappa shape index (κ1) is 22.1. The van der Waals surface area contributed by atoms with Gasteiger partial charge < -0.3 is 19.1 Å². The number of hydrogen-bond acceptors (Lipinski definition) is 6. The highest BCUT2D eigenvalue weighted by Crippen LogP contribution is 2.40. The van der Waals surface area contributed by atoms with Crippen molar-refractivity contribution < 1.29 is 31.8 Å². The first-order valence-corrected chi connectivity index (χ1v) is 11.5. The molecule has 0 aliphatic carbocycles. The third-order valence-electron chi connectivity index (χ3n) is 5.25. The molecule has 1 saturated heterocycles. The lowest BCUT2D eigenvalue weighted by molar-refractivity contribution is -0.127. The summed E-state index contributed by atoms with van der Waals surface area (Å²) in [4.78, 5) is 14.1. The van der Waals surface area contributed by atoms with Crippen LogP contribution in [0.25, 0.3) is 6.08 Å². The number of rotatable bonds is 5. The summed E-state index contributed by atoms with van der Waals surface area (Å²) in [6.07, 6.45) is 3.08. The second-order valence-corrected chi connectivity index (χ2v) is 9.21. The van der Waals surface area contributed by atoms with Crippen molar-refractivity contribution in [1.82, 2.24) is 9.21 Å². The summed E-state index contributed by atoms with van der Waals surface area (Å²) in [6.45, 7) is 1.62. The van der Waals surface area contributed by atoms with Gasteiger partial charge in [0.15, 0.2) is 11.5 Å². The summed E-state index contributed by atoms with van der Waals surface area (Å²) in [7, 11) is -2.28. The smallest absolute Gasteiger partial charge is 0.246 e. The number of amides is 1. The van der Waals surface area contributed by atoms with Crippen LogP contribution in [-0.2, 0) is 14.8 Å². The molecule has 1 amide bonds. The number of ether oxygens (including phenoxy) is 3. The Labute approximate surface area is 185 Å². The fourth-order valence-electron chi connectivity index (χ4n) is 3.59. The minimum atomic E-state index is -3.81. The first-order chi connectivity index (χ1) is 15.4. The van der Waals surface area contributed by atoms with E-state index in [9.17, 15) is 17.6 Å². The summed E-state index contributed by atoms with van der Waals surface area (Å²) in [6, 6.07) is 8.43. The summed E-state index contributed by atoms with van der Waals surface area (Å²) in [5.74, 6) is 0.768. The molecule has 0 saturated carbocycles. The van der Waals surface area contributed by atoms with Gasteiger partial charge in [-0.25, -0.2) is 12.8 Å². The molecule has 2 aliphatic heterocycles. The summed E-state index contributed by atoms with van der Waals surface area (Å²) >= 11 is 0. The molecule has 4 rings (SSSR count). The Kier molecular flexibility index (Phi) is 6.33. The molecule has 32 heavy (non-hydrogen) atoms. The monoisotopic (exact) mass is 462 g/mol. The number of benzene rings is 2. The largest absolute Gasteiger partial charge is 0.493 e. The number of piperazine rings is 1. The van der Waals surface area contributed by atoms with Gasteiger partial charge in [0, 0.05) is 32.3 Å². The Balaban J connectivity index is 1.40. The molecule has 0 bridgehead atoms. The lowest BCUT2D eigenvalue weighted by atomic mass is 10.1. The molecule has 0 atom stereocenters. The SMILES string of the molecule is COc1cc(/C=C/C(=O)N2CCN(S(=O)(=O)c3cccc(F)c3)CC2)cc2c1OCCO2. The number of hydrogen-bond donors (Lipinski definition) is 0. The van der Waals surface area contributed by atoms with Gasteiger partial charge in [0.05, 0.1) is 12.0 Å². The number of methoxy groups -OCH3 is 1. The predicted molar refractivity (Wildman–Crippen MR) is 115 cm³/mol. The van der Waals surface area contributed by atoms with E-state index in [4.69, 9.17) is 14.2 Å². The Morgan fingerprint density at radius 1 is 1.09 bits per heavy atom. The van der Waals surface area contributed by atoms with Gasteiger partial charge >= 0.3 is 0 Å². The Morgan fingerprint density at radius 3 is 2.56 bits per heavy atom. The quantitative estimate of drug-likeness (QED) is 0.633. The Morgan fingerprint density at radius 2 is 1.84 bits per heavy atom. The van der Waals surface area contributed by atoms with Crippen LogP contribution >= 0.6 is 0 Å². The van der Waals surface area contributed by atoms with E-state index in [1.807, 2.05) is 0 Å². The van der Waals surface area contributed by atoms with Crippen molar-refractivity contribution in [2.75, 3.05) is 46.5 Å². The van der Waals surface area contributed by atoms with Crippen molar-refractivity contribution in [3.05, 3.63) is 53.9 Å². The minimum Gasteiger partial charge on any atom is -0.493 e. The van der Waals surface area contributed by atoms with Crippen LogP contribution in [0.15, 0.2) is 47.4 Å². The van der Waals surface area contributed by atoms with Crippen molar-refractivity contribution in [3.8, 4) is 17.2 Å². The maximum absolute atomic E-state index is 13.4. The molecular formula is C22H23FN2O6S. The van der Waals surface area contributed by atoms with Gasteiger partial charge in [0.1, 0.15) is 19.0 Å². The highest BCUT2D eigenvalue weighted by molar-refractivity contribution is 7.89. The van der Waals surface area contributed by atoms with Gasteiger partial charge in [-0.2, -0.15) is 4.31 Å². The van der Waals surface area contributed by atoms with E-state index in [-0.39, 0.29) is 37.0 Å². The highest BCUT2D eigenvalue weighted by atomic mass is 32.2. The van der Waals surface area contributed by atoms with Crippen LogP contribution in [-0.4, -0.2) is 70.0 Å². The summed E-state index contributed by atoms with van der Waals surface area (Å²) in [5.41, 5.74) is 0.715. The molecule has 0 aromatic heterocycles. The molecule has 0 spiro atoms. The topological polar surface area (TPSA) is 85.4 Å². The van der Waals surface area contributed by atoms with Gasteiger partial charge in [0.2, 0.25) is 21.7 Å². The molecule has 2 heterocycles. The van der Waals surface area contributed by atoms with Crippen LogP contribution in [0.5, 0.6) is 17.2 Å². The zero-order valence-corrected chi connectivity index (χ0v) is 18.3. The van der Waals surface area contributed by atoms with Crippen molar-refractivity contribution >= 4 is 22.0 Å². The number of carbonyl (C=O) groups excluding carboxylic acids is 1. The van der Waals surface area contributed by atoms with Gasteiger partial charge in [-0.15, -0.1) is 0 Å². The van der Waals surface area contributed by atoms with Crippen molar-refractivity contribution in [1.29, 1.82) is 0 Å². The second kappa shape index (κ2) is 9.17. The summed E-state index contributed by atoms with van der Waals surface area (Å²) < 4.78 is 56.6.